The zero-order chi connectivity index (χ0) is 15.7. The Labute approximate surface area is 127 Å². The molecule has 0 radical (unpaired) electrons. The van der Waals surface area contributed by atoms with E-state index in [2.05, 4.69) is 0 Å². The van der Waals surface area contributed by atoms with Crippen LogP contribution in [-0.4, -0.2) is 33.5 Å². The summed E-state index contributed by atoms with van der Waals surface area (Å²) in [7, 11) is 0. The average molecular weight is 301 g/mol. The standard InChI is InChI=1S/C17H18O5/c18-11-4-3-9-8-10-2-1-6-16(13(9)14(11)20)15(21)12(19)5-7-17(10,16)22/h3-4,8,10,15,20-22H,1-2,5-7H2/p-1/t10-,15?,16+,17-/m1/s1. The maximum atomic E-state index is 12.5. The van der Waals surface area contributed by atoms with E-state index < -0.39 is 28.7 Å². The van der Waals surface area contributed by atoms with Gasteiger partial charge in [0.25, 0.3) is 0 Å². The van der Waals surface area contributed by atoms with E-state index in [9.17, 15) is 24.9 Å². The molecule has 4 aliphatic rings. The topological polar surface area (TPSA) is 97.7 Å². The first kappa shape index (κ1) is 13.9. The van der Waals surface area contributed by atoms with Crippen molar-refractivity contribution in [3.63, 3.8) is 0 Å². The van der Waals surface area contributed by atoms with Gasteiger partial charge >= 0.3 is 0 Å². The van der Waals surface area contributed by atoms with Crippen LogP contribution in [-0.2, 0) is 9.59 Å². The fraction of sp³-hybridized carbons (Fsp3) is 0.529. The number of fused-ring (bicyclic) bond motifs is 1. The van der Waals surface area contributed by atoms with E-state index in [1.54, 1.807) is 6.08 Å². The van der Waals surface area contributed by atoms with Crippen LogP contribution in [0.3, 0.4) is 0 Å². The Hall–Kier alpha value is -1.72. The van der Waals surface area contributed by atoms with Crippen molar-refractivity contribution >= 4 is 11.6 Å². The first-order chi connectivity index (χ1) is 10.4. The zero-order valence-electron chi connectivity index (χ0n) is 12.0. The van der Waals surface area contributed by atoms with E-state index in [0.717, 1.165) is 6.42 Å². The normalized spacial score (nSPS) is 43.6. The monoisotopic (exact) mass is 301 g/mol. The highest BCUT2D eigenvalue weighted by molar-refractivity contribution is 6.05. The van der Waals surface area contributed by atoms with Crippen LogP contribution < -0.4 is 5.11 Å². The van der Waals surface area contributed by atoms with E-state index >= 15 is 0 Å². The van der Waals surface area contributed by atoms with Gasteiger partial charge in [-0.15, -0.1) is 0 Å². The van der Waals surface area contributed by atoms with Crippen molar-refractivity contribution in [1.82, 2.24) is 0 Å². The molecule has 0 spiro atoms. The van der Waals surface area contributed by atoms with Crippen LogP contribution in [0.5, 0.6) is 0 Å². The lowest BCUT2D eigenvalue weighted by Gasteiger charge is -2.62. The fourth-order valence-corrected chi connectivity index (χ4v) is 4.99. The van der Waals surface area contributed by atoms with Crippen molar-refractivity contribution in [2.75, 3.05) is 0 Å². The van der Waals surface area contributed by atoms with Crippen molar-refractivity contribution < 1.29 is 24.9 Å². The Bertz CT molecular complexity index is 685. The van der Waals surface area contributed by atoms with Crippen LogP contribution in [0.25, 0.3) is 0 Å². The Balaban J connectivity index is 2.06. The van der Waals surface area contributed by atoms with Gasteiger partial charge in [0.2, 0.25) is 0 Å². The first-order valence-corrected chi connectivity index (χ1v) is 7.71. The molecule has 0 heterocycles. The Morgan fingerprint density at radius 2 is 2.00 bits per heavy atom. The Morgan fingerprint density at radius 3 is 2.77 bits per heavy atom. The van der Waals surface area contributed by atoms with Crippen LogP contribution >= 0.6 is 0 Å². The number of allylic oxidation sites excluding steroid dienone is 3. The maximum absolute atomic E-state index is 12.5. The molecule has 2 N–H and O–H groups in total. The predicted octanol–water partition coefficient (Wildman–Crippen LogP) is -0.0789. The fourth-order valence-electron chi connectivity index (χ4n) is 4.99. The third-order valence-corrected chi connectivity index (χ3v) is 5.98. The number of aliphatic hydroxyl groups is 2. The summed E-state index contributed by atoms with van der Waals surface area (Å²) < 4.78 is 0. The van der Waals surface area contributed by atoms with Crippen LogP contribution in [0, 0.1) is 11.3 Å². The van der Waals surface area contributed by atoms with Crippen molar-refractivity contribution in [3.05, 3.63) is 35.1 Å². The SMILES string of the molecule is O=C1C=CC2=C[C@H]3CCC[C@]4(C2=C1[O-])C(O)C(=O)CC[C@@]34O. The molecule has 0 saturated heterocycles. The first-order valence-electron chi connectivity index (χ1n) is 7.71. The smallest absolute Gasteiger partial charge is 0.171 e. The Morgan fingerprint density at radius 1 is 1.23 bits per heavy atom. The van der Waals surface area contributed by atoms with Crippen LogP contribution in [0.15, 0.2) is 35.1 Å². The van der Waals surface area contributed by atoms with Crippen molar-refractivity contribution in [1.29, 1.82) is 0 Å². The van der Waals surface area contributed by atoms with E-state index in [-0.39, 0.29) is 30.1 Å². The summed E-state index contributed by atoms with van der Waals surface area (Å²) in [6.07, 6.45) is 5.37. The van der Waals surface area contributed by atoms with Crippen LogP contribution in [0.4, 0.5) is 0 Å². The number of Topliss-reactive ketones (excluding diaryl/α,β-unsaturated/α-hetero) is 1. The number of carbonyl (C=O) groups is 2. The second-order valence-electron chi connectivity index (χ2n) is 6.79. The largest absolute Gasteiger partial charge is 0.870 e. The number of ketones is 2. The molecule has 0 amide bonds. The number of aliphatic hydroxyl groups excluding tert-OH is 1. The summed E-state index contributed by atoms with van der Waals surface area (Å²) in [6.45, 7) is 0. The molecule has 2 saturated carbocycles. The highest BCUT2D eigenvalue weighted by atomic mass is 16.3. The molecule has 116 valence electrons. The predicted molar refractivity (Wildman–Crippen MR) is 74.2 cm³/mol. The second-order valence-corrected chi connectivity index (χ2v) is 6.79. The molecule has 1 unspecified atom stereocenters. The molecule has 4 atom stereocenters. The second kappa shape index (κ2) is 4.18. The van der Waals surface area contributed by atoms with Crippen molar-refractivity contribution in [2.24, 2.45) is 11.3 Å². The molecule has 22 heavy (non-hydrogen) atoms. The van der Waals surface area contributed by atoms with Gasteiger partial charge < -0.3 is 15.3 Å². The van der Waals surface area contributed by atoms with Crippen LogP contribution in [0.1, 0.15) is 32.1 Å². The molecule has 2 bridgehead atoms. The quantitative estimate of drug-likeness (QED) is 0.652. The third kappa shape index (κ3) is 1.36. The molecule has 2 fully saturated rings. The molecular formula is C17H17O5-. The molecule has 5 nitrogen and oxygen atoms in total. The summed E-state index contributed by atoms with van der Waals surface area (Å²) in [4.78, 5) is 24.0. The molecule has 0 aromatic rings. The van der Waals surface area contributed by atoms with Gasteiger partial charge in [-0.25, -0.2) is 0 Å². The summed E-state index contributed by atoms with van der Waals surface area (Å²) >= 11 is 0. The van der Waals surface area contributed by atoms with Gasteiger partial charge in [0.1, 0.15) is 6.10 Å². The van der Waals surface area contributed by atoms with Crippen molar-refractivity contribution in [3.8, 4) is 0 Å². The minimum Gasteiger partial charge on any atom is -0.870 e. The Kier molecular flexibility index (Phi) is 2.64. The van der Waals surface area contributed by atoms with Gasteiger partial charge in [0, 0.05) is 12.3 Å². The molecule has 4 rings (SSSR count). The molecule has 0 aliphatic heterocycles. The molecular weight excluding hydrogens is 284 g/mol. The lowest BCUT2D eigenvalue weighted by molar-refractivity contribution is -0.303. The highest BCUT2D eigenvalue weighted by Crippen LogP contribution is 2.63. The lowest BCUT2D eigenvalue weighted by Crippen LogP contribution is -2.68. The number of hydrogen-bond acceptors (Lipinski definition) is 5. The van der Waals surface area contributed by atoms with Crippen LogP contribution in [0.2, 0.25) is 0 Å². The van der Waals surface area contributed by atoms with Gasteiger partial charge in [0.15, 0.2) is 11.6 Å². The minimum absolute atomic E-state index is 0.102. The van der Waals surface area contributed by atoms with Gasteiger partial charge in [-0.05, 0) is 36.5 Å². The van der Waals surface area contributed by atoms with E-state index in [0.29, 0.717) is 18.4 Å². The molecule has 4 aliphatic carbocycles. The number of carbonyl (C=O) groups excluding carboxylic acids is 2. The number of rotatable bonds is 0. The summed E-state index contributed by atoms with van der Waals surface area (Å²) in [5.74, 6) is -1.90. The molecule has 5 heteroatoms. The highest BCUT2D eigenvalue weighted by Gasteiger charge is 2.67. The molecule has 0 aromatic carbocycles. The van der Waals surface area contributed by atoms with Gasteiger partial charge in [-0.2, -0.15) is 0 Å². The maximum Gasteiger partial charge on any atom is 0.171 e. The molecule has 0 aromatic heterocycles. The third-order valence-electron chi connectivity index (χ3n) is 5.98. The van der Waals surface area contributed by atoms with E-state index in [1.807, 2.05) is 6.08 Å². The van der Waals surface area contributed by atoms with Crippen molar-refractivity contribution in [2.45, 2.75) is 43.8 Å². The zero-order valence-corrected chi connectivity index (χ0v) is 12.0. The average Bonchev–Trinajstić information content (AvgIpc) is 2.47. The summed E-state index contributed by atoms with van der Waals surface area (Å²) in [5.41, 5.74) is -1.91. The van der Waals surface area contributed by atoms with Gasteiger partial charge in [0.05, 0.1) is 11.0 Å². The van der Waals surface area contributed by atoms with E-state index in [1.165, 1.54) is 6.08 Å². The van der Waals surface area contributed by atoms with E-state index in [4.69, 9.17) is 0 Å². The lowest BCUT2D eigenvalue weighted by atomic mass is 9.45. The van der Waals surface area contributed by atoms with Gasteiger partial charge in [-0.1, -0.05) is 24.3 Å². The number of hydrogen-bond donors (Lipinski definition) is 2. The van der Waals surface area contributed by atoms with Gasteiger partial charge in [-0.3, -0.25) is 9.59 Å². The summed E-state index contributed by atoms with van der Waals surface area (Å²) in [5, 5.41) is 34.5. The summed E-state index contributed by atoms with van der Waals surface area (Å²) in [6, 6.07) is 0. The minimum atomic E-state index is -1.42.